The molecule has 0 aliphatic carbocycles. The van der Waals surface area contributed by atoms with Crippen LogP contribution in [0.4, 0.5) is 11.4 Å². The van der Waals surface area contributed by atoms with Gasteiger partial charge in [-0.05, 0) is 29.7 Å². The number of phenols is 2. The van der Waals surface area contributed by atoms with Crippen molar-refractivity contribution in [2.75, 3.05) is 11.1 Å². The Bertz CT molecular complexity index is 718. The van der Waals surface area contributed by atoms with E-state index in [2.05, 4.69) is 5.32 Å². The van der Waals surface area contributed by atoms with E-state index < -0.39 is 5.91 Å². The molecule has 0 saturated heterocycles. The number of hydrogen-bond acceptors (Lipinski definition) is 4. The van der Waals surface area contributed by atoms with Crippen LogP contribution in [-0.2, 0) is 5.41 Å². The maximum Gasteiger partial charge on any atom is 0.255 e. The fourth-order valence-corrected chi connectivity index (χ4v) is 2.17. The number of benzene rings is 2. The second-order valence-corrected chi connectivity index (χ2v) is 6.19. The number of nitrogens with two attached hydrogens (primary N) is 1. The van der Waals surface area contributed by atoms with Crippen LogP contribution in [0.1, 0.15) is 36.7 Å². The number of rotatable bonds is 2. The van der Waals surface area contributed by atoms with Crippen LogP contribution in [0, 0.1) is 0 Å². The number of phenolic OH excluding ortho intramolecular Hbond substituents is 2. The highest BCUT2D eigenvalue weighted by Crippen LogP contribution is 2.41. The molecule has 1 amide bonds. The summed E-state index contributed by atoms with van der Waals surface area (Å²) in [5, 5.41) is 22.8. The quantitative estimate of drug-likeness (QED) is 0.506. The Morgan fingerprint density at radius 3 is 2.41 bits per heavy atom. The maximum atomic E-state index is 12.2. The van der Waals surface area contributed by atoms with Crippen molar-refractivity contribution in [1.29, 1.82) is 0 Å². The average molecular weight is 300 g/mol. The summed E-state index contributed by atoms with van der Waals surface area (Å²) in [6.45, 7) is 5.80. The van der Waals surface area contributed by atoms with Gasteiger partial charge in [-0.3, -0.25) is 4.79 Å². The van der Waals surface area contributed by atoms with Gasteiger partial charge in [0.05, 0.1) is 0 Å². The van der Waals surface area contributed by atoms with Crippen LogP contribution in [0.25, 0.3) is 0 Å². The lowest BCUT2D eigenvalue weighted by atomic mass is 9.86. The van der Waals surface area contributed by atoms with Crippen LogP contribution < -0.4 is 11.1 Å². The number of hydrogen-bond donors (Lipinski definition) is 4. The van der Waals surface area contributed by atoms with E-state index in [-0.39, 0.29) is 22.6 Å². The lowest BCUT2D eigenvalue weighted by Crippen LogP contribution is -2.15. The van der Waals surface area contributed by atoms with Crippen molar-refractivity contribution in [3.63, 3.8) is 0 Å². The number of anilines is 2. The molecule has 5 heteroatoms. The minimum absolute atomic E-state index is 0.000139. The first kappa shape index (κ1) is 15.7. The fourth-order valence-electron chi connectivity index (χ4n) is 2.17. The van der Waals surface area contributed by atoms with Gasteiger partial charge < -0.3 is 21.3 Å². The van der Waals surface area contributed by atoms with Crippen molar-refractivity contribution in [2.45, 2.75) is 26.2 Å². The summed E-state index contributed by atoms with van der Waals surface area (Å²) in [5.41, 5.74) is 6.77. The highest BCUT2D eigenvalue weighted by atomic mass is 16.3. The van der Waals surface area contributed by atoms with E-state index in [1.165, 1.54) is 12.1 Å². The van der Waals surface area contributed by atoms with Gasteiger partial charge in [0, 0.05) is 16.8 Å². The third-order valence-electron chi connectivity index (χ3n) is 3.35. The Hall–Kier alpha value is -2.69. The van der Waals surface area contributed by atoms with Crippen molar-refractivity contribution >= 4 is 17.3 Å². The predicted octanol–water partition coefficient (Wildman–Crippen LogP) is 3.23. The molecule has 116 valence electrons. The van der Waals surface area contributed by atoms with Crippen LogP contribution in [0.5, 0.6) is 11.5 Å². The monoisotopic (exact) mass is 300 g/mol. The average Bonchev–Trinajstić information content (AvgIpc) is 2.41. The summed E-state index contributed by atoms with van der Waals surface area (Å²) in [5.74, 6) is -0.781. The van der Waals surface area contributed by atoms with Gasteiger partial charge in [-0.1, -0.05) is 32.9 Å². The fraction of sp³-hybridized carbons (Fsp3) is 0.235. The standard InChI is InChI=1S/C17H20N2O3/c1-17(2,3)12-7-8-13(20)14(15(12)21)19-16(22)10-5-4-6-11(18)9-10/h4-9,20-21H,18H2,1-3H3,(H,19,22). The molecule has 2 aromatic carbocycles. The first-order valence-corrected chi connectivity index (χ1v) is 6.92. The molecular weight excluding hydrogens is 280 g/mol. The van der Waals surface area contributed by atoms with Crippen LogP contribution in [-0.4, -0.2) is 16.1 Å². The summed E-state index contributed by atoms with van der Waals surface area (Å²) in [7, 11) is 0. The Labute approximate surface area is 129 Å². The van der Waals surface area contributed by atoms with E-state index in [0.29, 0.717) is 16.8 Å². The van der Waals surface area contributed by atoms with Crippen LogP contribution in [0.2, 0.25) is 0 Å². The molecule has 2 aromatic rings. The summed E-state index contributed by atoms with van der Waals surface area (Å²) in [6.07, 6.45) is 0. The molecule has 0 atom stereocenters. The molecule has 0 aliphatic heterocycles. The van der Waals surface area contributed by atoms with Crippen molar-refractivity contribution in [3.8, 4) is 11.5 Å². The zero-order valence-electron chi connectivity index (χ0n) is 12.8. The maximum absolute atomic E-state index is 12.2. The zero-order chi connectivity index (χ0) is 16.5. The minimum atomic E-state index is -0.455. The van der Waals surface area contributed by atoms with Gasteiger partial charge >= 0.3 is 0 Å². The van der Waals surface area contributed by atoms with E-state index in [0.717, 1.165) is 0 Å². The van der Waals surface area contributed by atoms with Gasteiger partial charge in [0.25, 0.3) is 5.91 Å². The number of nitrogens with one attached hydrogen (secondary N) is 1. The Morgan fingerprint density at radius 2 is 1.82 bits per heavy atom. The van der Waals surface area contributed by atoms with Crippen molar-refractivity contribution in [1.82, 2.24) is 0 Å². The van der Waals surface area contributed by atoms with Gasteiger partial charge in [0.1, 0.15) is 17.2 Å². The SMILES string of the molecule is CC(C)(C)c1ccc(O)c(NC(=O)c2cccc(N)c2)c1O. The molecule has 0 aliphatic rings. The van der Waals surface area contributed by atoms with E-state index >= 15 is 0 Å². The Morgan fingerprint density at radius 1 is 1.14 bits per heavy atom. The number of carbonyl (C=O) groups excluding carboxylic acids is 1. The lowest BCUT2D eigenvalue weighted by molar-refractivity contribution is 0.102. The second-order valence-electron chi connectivity index (χ2n) is 6.19. The molecular formula is C17H20N2O3. The van der Waals surface area contributed by atoms with Gasteiger partial charge in [-0.15, -0.1) is 0 Å². The minimum Gasteiger partial charge on any atom is -0.506 e. The topological polar surface area (TPSA) is 95.6 Å². The van der Waals surface area contributed by atoms with Crippen molar-refractivity contribution < 1.29 is 15.0 Å². The van der Waals surface area contributed by atoms with Crippen molar-refractivity contribution in [3.05, 3.63) is 47.5 Å². The summed E-state index contributed by atoms with van der Waals surface area (Å²) in [4.78, 5) is 12.2. The third kappa shape index (κ3) is 3.14. The molecule has 0 saturated carbocycles. The zero-order valence-corrected chi connectivity index (χ0v) is 12.8. The van der Waals surface area contributed by atoms with Gasteiger partial charge in [0.15, 0.2) is 0 Å². The summed E-state index contributed by atoms with van der Waals surface area (Å²) in [6, 6.07) is 9.56. The third-order valence-corrected chi connectivity index (χ3v) is 3.35. The van der Waals surface area contributed by atoms with Gasteiger partial charge in [-0.2, -0.15) is 0 Å². The van der Waals surface area contributed by atoms with E-state index in [9.17, 15) is 15.0 Å². The molecule has 0 radical (unpaired) electrons. The molecule has 5 N–H and O–H groups in total. The summed E-state index contributed by atoms with van der Waals surface area (Å²) < 4.78 is 0. The van der Waals surface area contributed by atoms with Gasteiger partial charge in [-0.25, -0.2) is 0 Å². The molecule has 5 nitrogen and oxygen atoms in total. The van der Waals surface area contributed by atoms with Crippen LogP contribution >= 0.6 is 0 Å². The number of nitrogen functional groups attached to an aromatic ring is 1. The highest BCUT2D eigenvalue weighted by Gasteiger charge is 2.23. The van der Waals surface area contributed by atoms with E-state index in [1.807, 2.05) is 20.8 Å². The molecule has 0 fully saturated rings. The highest BCUT2D eigenvalue weighted by molar-refractivity contribution is 6.06. The molecule has 0 aromatic heterocycles. The summed E-state index contributed by atoms with van der Waals surface area (Å²) >= 11 is 0. The second kappa shape index (κ2) is 5.60. The molecule has 22 heavy (non-hydrogen) atoms. The molecule has 0 spiro atoms. The predicted molar refractivity (Wildman–Crippen MR) is 87.3 cm³/mol. The largest absolute Gasteiger partial charge is 0.506 e. The number of amides is 1. The smallest absolute Gasteiger partial charge is 0.255 e. The van der Waals surface area contributed by atoms with Crippen LogP contribution in [0.15, 0.2) is 36.4 Å². The molecule has 0 heterocycles. The van der Waals surface area contributed by atoms with Crippen molar-refractivity contribution in [2.24, 2.45) is 0 Å². The first-order valence-electron chi connectivity index (χ1n) is 6.92. The normalized spacial score (nSPS) is 11.2. The lowest BCUT2D eigenvalue weighted by Gasteiger charge is -2.22. The first-order chi connectivity index (χ1) is 10.2. The Balaban J connectivity index is 2.39. The van der Waals surface area contributed by atoms with E-state index in [1.54, 1.807) is 24.3 Å². The molecule has 0 unspecified atom stereocenters. The van der Waals surface area contributed by atoms with E-state index in [4.69, 9.17) is 5.73 Å². The number of carbonyl (C=O) groups is 1. The number of aromatic hydroxyl groups is 2. The Kier molecular flexibility index (Phi) is 3.99. The van der Waals surface area contributed by atoms with Crippen LogP contribution in [0.3, 0.4) is 0 Å². The molecule has 0 bridgehead atoms. The molecule has 2 rings (SSSR count). The van der Waals surface area contributed by atoms with Gasteiger partial charge in [0.2, 0.25) is 0 Å².